The van der Waals surface area contributed by atoms with Gasteiger partial charge in [-0.15, -0.1) is 0 Å². The number of carbonyl (C=O) groups is 2. The maximum Gasteiger partial charge on any atom is 0.244 e. The van der Waals surface area contributed by atoms with Crippen LogP contribution in [-0.2, 0) is 26.2 Å². The summed E-state index contributed by atoms with van der Waals surface area (Å²) in [6.07, 6.45) is 1.04. The van der Waals surface area contributed by atoms with Gasteiger partial charge < -0.3 is 19.7 Å². The lowest BCUT2D eigenvalue weighted by Gasteiger charge is -2.32. The Morgan fingerprint density at radius 1 is 1.03 bits per heavy atom. The molecule has 1 atom stereocenters. The number of ether oxygens (including phenoxy) is 2. The van der Waals surface area contributed by atoms with Crippen LogP contribution in [-0.4, -0.2) is 63.2 Å². The van der Waals surface area contributed by atoms with Crippen molar-refractivity contribution in [3.8, 4) is 11.5 Å². The van der Waals surface area contributed by atoms with Crippen LogP contribution in [0.1, 0.15) is 31.9 Å². The van der Waals surface area contributed by atoms with Crippen LogP contribution in [0.25, 0.3) is 0 Å². The molecule has 190 valence electrons. The second kappa shape index (κ2) is 11.0. The number of carbonyl (C=O) groups excluding carboxylic acids is 2. The Kier molecular flexibility index (Phi) is 8.26. The van der Waals surface area contributed by atoms with E-state index >= 15 is 0 Å². The fraction of sp³-hybridized carbons (Fsp3) is 0.440. The van der Waals surface area contributed by atoms with Gasteiger partial charge in [0, 0.05) is 18.7 Å². The molecule has 2 aromatic rings. The van der Waals surface area contributed by atoms with Crippen molar-refractivity contribution in [1.29, 1.82) is 0 Å². The van der Waals surface area contributed by atoms with Crippen LogP contribution in [0.2, 0.25) is 0 Å². The summed E-state index contributed by atoms with van der Waals surface area (Å²) in [7, 11) is -3.83. The molecule has 2 aromatic carbocycles. The Morgan fingerprint density at radius 2 is 1.71 bits per heavy atom. The van der Waals surface area contributed by atoms with Gasteiger partial charge in [-0.05, 0) is 45.4 Å². The summed E-state index contributed by atoms with van der Waals surface area (Å²) in [5, 5.41) is 2.83. The van der Waals surface area contributed by atoms with Crippen molar-refractivity contribution >= 4 is 27.5 Å². The minimum Gasteiger partial charge on any atom is -0.486 e. The van der Waals surface area contributed by atoms with Gasteiger partial charge in [-0.3, -0.25) is 13.9 Å². The second-order valence-electron chi connectivity index (χ2n) is 8.95. The molecule has 0 spiro atoms. The predicted molar refractivity (Wildman–Crippen MR) is 134 cm³/mol. The van der Waals surface area contributed by atoms with E-state index in [1.54, 1.807) is 25.1 Å². The molecule has 0 fully saturated rings. The second-order valence-corrected chi connectivity index (χ2v) is 10.9. The highest BCUT2D eigenvalue weighted by molar-refractivity contribution is 7.92. The first-order valence-electron chi connectivity index (χ1n) is 11.5. The molecule has 10 heteroatoms. The third kappa shape index (κ3) is 6.88. The van der Waals surface area contributed by atoms with Crippen LogP contribution in [0.4, 0.5) is 5.69 Å². The number of nitrogens with zero attached hydrogens (tertiary/aromatic N) is 2. The van der Waals surface area contributed by atoms with Crippen LogP contribution in [0.15, 0.2) is 42.5 Å². The molecule has 1 aliphatic heterocycles. The third-order valence-electron chi connectivity index (χ3n) is 5.53. The maximum absolute atomic E-state index is 13.6. The van der Waals surface area contributed by atoms with Gasteiger partial charge in [0.25, 0.3) is 0 Å². The summed E-state index contributed by atoms with van der Waals surface area (Å²) in [6, 6.07) is 11.4. The molecule has 0 bridgehead atoms. The molecule has 0 aromatic heterocycles. The molecule has 35 heavy (non-hydrogen) atoms. The highest BCUT2D eigenvalue weighted by Crippen LogP contribution is 2.34. The van der Waals surface area contributed by atoms with Gasteiger partial charge in [0.05, 0.1) is 11.9 Å². The summed E-state index contributed by atoms with van der Waals surface area (Å²) >= 11 is 0. The number of nitrogens with one attached hydrogen (secondary N) is 1. The predicted octanol–water partition coefficient (Wildman–Crippen LogP) is 2.47. The zero-order valence-corrected chi connectivity index (χ0v) is 21.6. The van der Waals surface area contributed by atoms with Gasteiger partial charge in [-0.1, -0.05) is 29.8 Å². The number of hydrogen-bond acceptors (Lipinski definition) is 6. The van der Waals surface area contributed by atoms with Crippen molar-refractivity contribution in [3.05, 3.63) is 53.6 Å². The zero-order chi connectivity index (χ0) is 25.8. The Bertz CT molecular complexity index is 1180. The summed E-state index contributed by atoms with van der Waals surface area (Å²) in [6.45, 7) is 7.70. The lowest BCUT2D eigenvalue weighted by molar-refractivity contribution is -0.139. The summed E-state index contributed by atoms with van der Waals surface area (Å²) in [4.78, 5) is 27.8. The molecule has 0 radical (unpaired) electrons. The normalized spacial score (nSPS) is 13.8. The first-order chi connectivity index (χ1) is 16.5. The Labute approximate surface area is 207 Å². The van der Waals surface area contributed by atoms with Crippen molar-refractivity contribution in [2.24, 2.45) is 0 Å². The van der Waals surface area contributed by atoms with Crippen molar-refractivity contribution in [2.75, 3.05) is 30.3 Å². The molecular formula is C25H33N3O6S. The van der Waals surface area contributed by atoms with Crippen LogP contribution in [0.5, 0.6) is 11.5 Å². The van der Waals surface area contributed by atoms with Gasteiger partial charge in [0.1, 0.15) is 25.8 Å². The molecule has 9 nitrogen and oxygen atoms in total. The van der Waals surface area contributed by atoms with E-state index in [0.29, 0.717) is 24.7 Å². The Hall–Kier alpha value is -3.27. The summed E-state index contributed by atoms with van der Waals surface area (Å²) in [5.74, 6) is 0.112. The molecule has 1 N–H and O–H groups in total. The van der Waals surface area contributed by atoms with E-state index in [1.165, 1.54) is 4.90 Å². The van der Waals surface area contributed by atoms with Crippen molar-refractivity contribution in [2.45, 2.75) is 46.3 Å². The van der Waals surface area contributed by atoms with Gasteiger partial charge >= 0.3 is 0 Å². The van der Waals surface area contributed by atoms with Gasteiger partial charge in [0.2, 0.25) is 21.8 Å². The van der Waals surface area contributed by atoms with E-state index < -0.39 is 28.5 Å². The topological polar surface area (TPSA) is 105 Å². The van der Waals surface area contributed by atoms with Crippen LogP contribution < -0.4 is 19.1 Å². The van der Waals surface area contributed by atoms with Crippen molar-refractivity contribution < 1.29 is 27.5 Å². The van der Waals surface area contributed by atoms with Crippen LogP contribution in [0.3, 0.4) is 0 Å². The largest absolute Gasteiger partial charge is 0.486 e. The fourth-order valence-corrected chi connectivity index (χ4v) is 4.64. The maximum atomic E-state index is 13.6. The molecule has 3 rings (SSSR count). The molecule has 1 aliphatic rings. The molecule has 0 saturated heterocycles. The van der Waals surface area contributed by atoms with Crippen LogP contribution in [0, 0.1) is 6.92 Å². The summed E-state index contributed by atoms with van der Waals surface area (Å²) in [5.41, 5.74) is 2.14. The zero-order valence-electron chi connectivity index (χ0n) is 20.8. The van der Waals surface area contributed by atoms with Crippen LogP contribution >= 0.6 is 0 Å². The summed E-state index contributed by atoms with van der Waals surface area (Å²) < 4.78 is 37.5. The number of amides is 2. The van der Waals surface area contributed by atoms with Gasteiger partial charge in [-0.2, -0.15) is 0 Å². The number of hydrogen-bond donors (Lipinski definition) is 1. The minimum atomic E-state index is -3.83. The number of benzene rings is 2. The van der Waals surface area contributed by atoms with E-state index in [9.17, 15) is 18.0 Å². The van der Waals surface area contributed by atoms with E-state index in [4.69, 9.17) is 9.47 Å². The average Bonchev–Trinajstić information content (AvgIpc) is 2.79. The van der Waals surface area contributed by atoms with Gasteiger partial charge in [0.15, 0.2) is 11.5 Å². The third-order valence-corrected chi connectivity index (χ3v) is 6.67. The van der Waals surface area contributed by atoms with E-state index in [1.807, 2.05) is 45.0 Å². The smallest absolute Gasteiger partial charge is 0.244 e. The number of aryl methyl sites for hydroxylation is 1. The molecular weight excluding hydrogens is 470 g/mol. The molecule has 0 unspecified atom stereocenters. The average molecular weight is 504 g/mol. The highest BCUT2D eigenvalue weighted by Gasteiger charge is 2.31. The first-order valence-corrected chi connectivity index (χ1v) is 13.3. The fourth-order valence-electron chi connectivity index (χ4n) is 3.80. The van der Waals surface area contributed by atoms with Crippen molar-refractivity contribution in [1.82, 2.24) is 10.2 Å². The Balaban J connectivity index is 1.92. The molecule has 0 aliphatic carbocycles. The molecule has 2 amide bonds. The lowest BCUT2D eigenvalue weighted by Crippen LogP contribution is -2.52. The molecule has 0 saturated carbocycles. The SMILES string of the molecule is Cc1cccc(CN(C(=O)CN(c2ccc3c(c2)OCCO3)S(C)(=O)=O)[C@H](C)C(=O)NC(C)C)c1. The molecule has 1 heterocycles. The number of fused-ring (bicyclic) bond motifs is 1. The van der Waals surface area contributed by atoms with E-state index in [2.05, 4.69) is 5.32 Å². The standard InChI is InChI=1S/C25H33N3O6S/c1-17(2)26-25(30)19(4)27(15-20-8-6-7-18(3)13-20)24(29)16-28(35(5,31)32)21-9-10-22-23(14-21)34-12-11-33-22/h6-10,13-14,17,19H,11-12,15-16H2,1-5H3,(H,26,30)/t19-/m1/s1. The van der Waals surface area contributed by atoms with Crippen molar-refractivity contribution in [3.63, 3.8) is 0 Å². The van der Waals surface area contributed by atoms with E-state index in [0.717, 1.165) is 21.7 Å². The monoisotopic (exact) mass is 503 g/mol. The number of anilines is 1. The van der Waals surface area contributed by atoms with E-state index in [-0.39, 0.29) is 24.2 Å². The highest BCUT2D eigenvalue weighted by atomic mass is 32.2. The first kappa shape index (κ1) is 26.3. The Morgan fingerprint density at radius 3 is 2.34 bits per heavy atom. The minimum absolute atomic E-state index is 0.105. The number of rotatable bonds is 9. The number of sulfonamides is 1. The quantitative estimate of drug-likeness (QED) is 0.564. The van der Waals surface area contributed by atoms with Gasteiger partial charge in [-0.25, -0.2) is 8.42 Å². The lowest BCUT2D eigenvalue weighted by atomic mass is 10.1.